The molecule has 2 N–H and O–H groups in total. The normalized spacial score (nSPS) is 19.9. The Bertz CT molecular complexity index is 573. The summed E-state index contributed by atoms with van der Waals surface area (Å²) in [6, 6.07) is 3.44. The van der Waals surface area contributed by atoms with Crippen LogP contribution in [0.25, 0.3) is 0 Å². The third-order valence-electron chi connectivity index (χ3n) is 4.94. The Morgan fingerprint density at radius 2 is 2.25 bits per heavy atom. The van der Waals surface area contributed by atoms with E-state index in [4.69, 9.17) is 4.74 Å². The molecule has 1 spiro atoms. The highest BCUT2D eigenvalue weighted by Crippen LogP contribution is 2.55. The highest BCUT2D eigenvalue weighted by molar-refractivity contribution is 5.74. The summed E-state index contributed by atoms with van der Waals surface area (Å²) in [5.74, 6) is 0.219. The molecular weight excluding hydrogens is 316 g/mol. The van der Waals surface area contributed by atoms with Gasteiger partial charge in [0.05, 0.1) is 0 Å². The number of ether oxygens (including phenoxy) is 1. The number of amides is 2. The Morgan fingerprint density at radius 1 is 1.46 bits per heavy atom. The van der Waals surface area contributed by atoms with Gasteiger partial charge in [0.1, 0.15) is 13.3 Å². The van der Waals surface area contributed by atoms with Crippen molar-refractivity contribution in [3.8, 4) is 5.88 Å². The number of aromatic nitrogens is 1. The molecule has 0 unspecified atom stereocenters. The Balaban J connectivity index is 1.38. The van der Waals surface area contributed by atoms with Gasteiger partial charge in [0, 0.05) is 24.8 Å². The third-order valence-corrected chi connectivity index (χ3v) is 4.94. The molecule has 0 aliphatic heterocycles. The molecule has 132 valence electrons. The number of carbonyl (C=O) groups excluding carboxylic acids is 1. The summed E-state index contributed by atoms with van der Waals surface area (Å²) in [4.78, 5) is 15.9. The Labute approximate surface area is 140 Å². The number of nitrogens with zero attached hydrogens (tertiary/aromatic N) is 1. The molecule has 2 aliphatic carbocycles. The highest BCUT2D eigenvalue weighted by atomic mass is 19.2. The summed E-state index contributed by atoms with van der Waals surface area (Å²) in [7, 11) is 0. The predicted molar refractivity (Wildman–Crippen MR) is 85.3 cm³/mol. The molecule has 1 heterocycles. The average molecular weight is 339 g/mol. The monoisotopic (exact) mass is 339 g/mol. The van der Waals surface area contributed by atoms with Crippen molar-refractivity contribution >= 4 is 6.03 Å². The summed E-state index contributed by atoms with van der Waals surface area (Å²) in [5, 5.41) is 5.78. The van der Waals surface area contributed by atoms with Crippen LogP contribution in [-0.2, 0) is 6.54 Å². The van der Waals surface area contributed by atoms with Gasteiger partial charge in [-0.25, -0.2) is 18.6 Å². The van der Waals surface area contributed by atoms with E-state index in [1.54, 1.807) is 12.1 Å². The van der Waals surface area contributed by atoms with Crippen LogP contribution in [0.4, 0.5) is 13.6 Å². The first-order chi connectivity index (χ1) is 11.6. The van der Waals surface area contributed by atoms with E-state index in [0.717, 1.165) is 18.4 Å². The lowest BCUT2D eigenvalue weighted by atomic mass is 9.54. The van der Waals surface area contributed by atoms with Crippen molar-refractivity contribution in [1.82, 2.24) is 15.6 Å². The first-order valence-corrected chi connectivity index (χ1v) is 8.41. The van der Waals surface area contributed by atoms with Gasteiger partial charge in [-0.15, -0.1) is 0 Å². The van der Waals surface area contributed by atoms with Crippen LogP contribution < -0.4 is 15.4 Å². The van der Waals surface area contributed by atoms with Crippen LogP contribution in [0.2, 0.25) is 0 Å². The lowest BCUT2D eigenvalue weighted by Gasteiger charge is -2.54. The van der Waals surface area contributed by atoms with Crippen molar-refractivity contribution in [3.05, 3.63) is 23.9 Å². The summed E-state index contributed by atoms with van der Waals surface area (Å²) in [6.07, 6.45) is 5.96. The molecule has 5 nitrogen and oxygen atoms in total. The maximum Gasteiger partial charge on any atom is 0.315 e. The Kier molecular flexibility index (Phi) is 5.16. The molecule has 2 fully saturated rings. The number of halogens is 2. The van der Waals surface area contributed by atoms with Gasteiger partial charge >= 0.3 is 6.03 Å². The van der Waals surface area contributed by atoms with Gasteiger partial charge in [0.25, 0.3) is 0 Å². The minimum atomic E-state index is -1.65. The van der Waals surface area contributed by atoms with Crippen LogP contribution in [-0.4, -0.2) is 36.5 Å². The number of urea groups is 1. The number of nitrogens with one attached hydrogen (secondary N) is 2. The molecule has 1 aromatic rings. The average Bonchev–Trinajstić information content (AvgIpc) is 2.52. The quantitative estimate of drug-likeness (QED) is 0.803. The lowest BCUT2D eigenvalue weighted by Crippen LogP contribution is -2.55. The molecule has 1 atom stereocenters. The number of hydrogen-bond donors (Lipinski definition) is 2. The van der Waals surface area contributed by atoms with Gasteiger partial charge in [-0.2, -0.15) is 0 Å². The van der Waals surface area contributed by atoms with E-state index >= 15 is 0 Å². The Morgan fingerprint density at radius 3 is 2.92 bits per heavy atom. The zero-order chi connectivity index (χ0) is 17.0. The molecule has 1 aromatic heterocycles. The zero-order valence-corrected chi connectivity index (χ0v) is 13.6. The van der Waals surface area contributed by atoms with E-state index in [-0.39, 0.29) is 24.6 Å². The minimum Gasteiger partial charge on any atom is -0.474 e. The van der Waals surface area contributed by atoms with E-state index < -0.39 is 12.8 Å². The Hall–Kier alpha value is -1.92. The van der Waals surface area contributed by atoms with Crippen molar-refractivity contribution in [2.24, 2.45) is 5.41 Å². The number of pyridine rings is 1. The van der Waals surface area contributed by atoms with Crippen molar-refractivity contribution < 1.29 is 18.3 Å². The van der Waals surface area contributed by atoms with Crippen molar-refractivity contribution in [2.75, 3.05) is 13.3 Å². The van der Waals surface area contributed by atoms with Crippen molar-refractivity contribution in [1.29, 1.82) is 0 Å². The second-order valence-corrected chi connectivity index (χ2v) is 6.85. The standard InChI is InChI=1S/C17H23F2N3O2/c18-9-13(19)11-24-15-6-12(2-5-20-15)10-21-16(23)22-14-7-17(8-14)3-1-4-17/h2,5-6,13-14H,1,3-4,7-11H2,(H2,21,22,23)/t13-/m1/s1. The van der Waals surface area contributed by atoms with Crippen LogP contribution in [0.1, 0.15) is 37.7 Å². The zero-order valence-electron chi connectivity index (χ0n) is 13.6. The third kappa shape index (κ3) is 4.13. The molecule has 2 saturated carbocycles. The van der Waals surface area contributed by atoms with Gasteiger partial charge in [-0.3, -0.25) is 0 Å². The number of rotatable bonds is 7. The molecule has 0 bridgehead atoms. The van der Waals surface area contributed by atoms with Gasteiger partial charge < -0.3 is 15.4 Å². The van der Waals surface area contributed by atoms with Crippen molar-refractivity contribution in [3.63, 3.8) is 0 Å². The number of hydrogen-bond acceptors (Lipinski definition) is 3. The summed E-state index contributed by atoms with van der Waals surface area (Å²) in [5.41, 5.74) is 1.32. The molecule has 7 heteroatoms. The lowest BCUT2D eigenvalue weighted by molar-refractivity contribution is 0.00225. The topological polar surface area (TPSA) is 63.2 Å². The van der Waals surface area contributed by atoms with Crippen LogP contribution in [0.5, 0.6) is 5.88 Å². The van der Waals surface area contributed by atoms with Gasteiger partial charge in [-0.1, -0.05) is 6.42 Å². The van der Waals surface area contributed by atoms with Gasteiger partial charge in [0.15, 0.2) is 6.17 Å². The molecule has 0 aromatic carbocycles. The van der Waals surface area contributed by atoms with E-state index in [2.05, 4.69) is 15.6 Å². The highest BCUT2D eigenvalue weighted by Gasteiger charge is 2.48. The first-order valence-electron chi connectivity index (χ1n) is 8.41. The maximum absolute atomic E-state index is 12.8. The summed E-state index contributed by atoms with van der Waals surface area (Å²) in [6.45, 7) is -1.13. The van der Waals surface area contributed by atoms with E-state index in [9.17, 15) is 13.6 Å². The fraction of sp³-hybridized carbons (Fsp3) is 0.647. The first kappa shape index (κ1) is 16.9. The minimum absolute atomic E-state index is 0.185. The smallest absolute Gasteiger partial charge is 0.315 e. The van der Waals surface area contributed by atoms with Gasteiger partial charge in [0.2, 0.25) is 5.88 Å². The molecule has 0 saturated heterocycles. The molecule has 0 radical (unpaired) electrons. The van der Waals surface area contributed by atoms with Gasteiger partial charge in [-0.05, 0) is 42.7 Å². The second kappa shape index (κ2) is 7.32. The molecule has 2 amide bonds. The summed E-state index contributed by atoms with van der Waals surface area (Å²) < 4.78 is 30.0. The molecule has 24 heavy (non-hydrogen) atoms. The summed E-state index contributed by atoms with van der Waals surface area (Å²) >= 11 is 0. The molecular formula is C17H23F2N3O2. The van der Waals surface area contributed by atoms with E-state index in [1.165, 1.54) is 25.5 Å². The largest absolute Gasteiger partial charge is 0.474 e. The van der Waals surface area contributed by atoms with E-state index in [0.29, 0.717) is 12.0 Å². The number of alkyl halides is 2. The van der Waals surface area contributed by atoms with Crippen molar-refractivity contribution in [2.45, 2.75) is 50.9 Å². The van der Waals surface area contributed by atoms with E-state index in [1.807, 2.05) is 0 Å². The fourth-order valence-electron chi connectivity index (χ4n) is 3.45. The van der Waals surface area contributed by atoms with Crippen LogP contribution in [0.3, 0.4) is 0 Å². The van der Waals surface area contributed by atoms with Crippen LogP contribution in [0.15, 0.2) is 18.3 Å². The fourth-order valence-corrected chi connectivity index (χ4v) is 3.45. The van der Waals surface area contributed by atoms with Crippen LogP contribution in [0, 0.1) is 5.41 Å². The number of carbonyl (C=O) groups is 1. The molecule has 3 rings (SSSR count). The van der Waals surface area contributed by atoms with Crippen LogP contribution >= 0.6 is 0 Å². The SMILES string of the molecule is O=C(NCc1ccnc(OC[C@H](F)CF)c1)NC1CC2(CCC2)C1. The maximum atomic E-state index is 12.8. The predicted octanol–water partition coefficient (Wildman–Crippen LogP) is 2.90. The molecule has 2 aliphatic rings. The second-order valence-electron chi connectivity index (χ2n) is 6.85.